The van der Waals surface area contributed by atoms with Crippen LogP contribution in [-0.2, 0) is 12.2 Å². The zero-order valence-corrected chi connectivity index (χ0v) is 12.6. The molecule has 1 aromatic carbocycles. The molecular weight excluding hydrogens is 294 g/mol. The lowest BCUT2D eigenvalue weighted by Crippen LogP contribution is -2.10. The van der Waals surface area contributed by atoms with Crippen LogP contribution in [0.3, 0.4) is 0 Å². The van der Waals surface area contributed by atoms with Gasteiger partial charge in [0.25, 0.3) is 0 Å². The second-order valence-corrected chi connectivity index (χ2v) is 6.40. The fourth-order valence-corrected chi connectivity index (χ4v) is 3.33. The van der Waals surface area contributed by atoms with Gasteiger partial charge in [0.15, 0.2) is 5.82 Å². The first-order valence-corrected chi connectivity index (χ1v) is 8.06. The van der Waals surface area contributed by atoms with Gasteiger partial charge in [0.05, 0.1) is 5.75 Å². The van der Waals surface area contributed by atoms with Gasteiger partial charge in [0.2, 0.25) is 5.89 Å². The normalized spacial score (nSPS) is 18.6. The average molecular weight is 310 g/mol. The number of thioether (sulfide) groups is 1. The zero-order chi connectivity index (χ0) is 13.8. The molecule has 1 N–H and O–H groups in total. The van der Waals surface area contributed by atoms with Gasteiger partial charge in [-0.2, -0.15) is 4.98 Å². The van der Waals surface area contributed by atoms with Crippen LogP contribution in [-0.4, -0.2) is 23.2 Å². The predicted octanol–water partition coefficient (Wildman–Crippen LogP) is 3.17. The van der Waals surface area contributed by atoms with Gasteiger partial charge in [-0.1, -0.05) is 22.8 Å². The number of halogens is 1. The third-order valence-corrected chi connectivity index (χ3v) is 4.52. The van der Waals surface area contributed by atoms with Gasteiger partial charge < -0.3 is 9.84 Å². The van der Waals surface area contributed by atoms with E-state index in [-0.39, 0.29) is 0 Å². The van der Waals surface area contributed by atoms with Crippen LogP contribution in [0.2, 0.25) is 5.02 Å². The molecule has 2 heterocycles. The third kappa shape index (κ3) is 3.75. The number of aromatic nitrogens is 2. The van der Waals surface area contributed by atoms with Gasteiger partial charge in [-0.05, 0) is 43.6 Å². The molecule has 1 atom stereocenters. The summed E-state index contributed by atoms with van der Waals surface area (Å²) in [6.45, 7) is 2.14. The van der Waals surface area contributed by atoms with Crippen molar-refractivity contribution >= 4 is 23.4 Å². The van der Waals surface area contributed by atoms with Crippen molar-refractivity contribution in [2.45, 2.75) is 23.5 Å². The number of hydrogen-bond acceptors (Lipinski definition) is 5. The molecule has 0 bridgehead atoms. The highest BCUT2D eigenvalue weighted by molar-refractivity contribution is 7.98. The van der Waals surface area contributed by atoms with E-state index < -0.39 is 0 Å². The number of nitrogens with one attached hydrogen (secondary N) is 1. The first kappa shape index (κ1) is 13.9. The summed E-state index contributed by atoms with van der Waals surface area (Å²) in [6.07, 6.45) is 2.07. The predicted molar refractivity (Wildman–Crippen MR) is 80.0 cm³/mol. The quantitative estimate of drug-likeness (QED) is 0.860. The molecule has 20 heavy (non-hydrogen) atoms. The van der Waals surface area contributed by atoms with Crippen molar-refractivity contribution in [3.8, 4) is 0 Å². The van der Waals surface area contributed by atoms with E-state index in [1.54, 1.807) is 11.8 Å². The molecular formula is C14H16ClN3OS. The van der Waals surface area contributed by atoms with Gasteiger partial charge in [0, 0.05) is 16.3 Å². The monoisotopic (exact) mass is 309 g/mol. The summed E-state index contributed by atoms with van der Waals surface area (Å²) in [5, 5.41) is 8.13. The molecule has 0 spiro atoms. The molecule has 1 aliphatic heterocycles. The minimum atomic E-state index is 0.629. The smallest absolute Gasteiger partial charge is 0.226 e. The maximum atomic E-state index is 5.96. The second-order valence-electron chi connectivity index (χ2n) is 4.91. The van der Waals surface area contributed by atoms with Crippen LogP contribution >= 0.6 is 23.4 Å². The Bertz CT molecular complexity index is 569. The minimum absolute atomic E-state index is 0.629. The van der Waals surface area contributed by atoms with E-state index in [1.165, 1.54) is 6.42 Å². The molecule has 1 aromatic heterocycles. The Hall–Kier alpha value is -1.04. The van der Waals surface area contributed by atoms with E-state index in [9.17, 15) is 0 Å². The van der Waals surface area contributed by atoms with Crippen LogP contribution < -0.4 is 5.32 Å². The fourth-order valence-electron chi connectivity index (χ4n) is 2.27. The molecule has 3 rings (SSSR count). The Morgan fingerprint density at radius 2 is 2.40 bits per heavy atom. The fraction of sp³-hybridized carbons (Fsp3) is 0.429. The van der Waals surface area contributed by atoms with Crippen LogP contribution in [0.1, 0.15) is 18.1 Å². The van der Waals surface area contributed by atoms with E-state index in [2.05, 4.69) is 15.5 Å². The molecule has 1 fully saturated rings. The molecule has 1 unspecified atom stereocenters. The third-order valence-electron chi connectivity index (χ3n) is 3.30. The van der Waals surface area contributed by atoms with E-state index in [0.29, 0.717) is 11.7 Å². The Balaban J connectivity index is 1.54. The molecule has 0 radical (unpaired) electrons. The van der Waals surface area contributed by atoms with Crippen molar-refractivity contribution < 1.29 is 4.52 Å². The summed E-state index contributed by atoms with van der Waals surface area (Å²) in [5.41, 5.74) is 0. The summed E-state index contributed by atoms with van der Waals surface area (Å²) >= 11 is 7.62. The van der Waals surface area contributed by atoms with Gasteiger partial charge in [-0.15, -0.1) is 11.8 Å². The minimum Gasteiger partial charge on any atom is -0.339 e. The van der Waals surface area contributed by atoms with Crippen LogP contribution in [0, 0.1) is 5.92 Å². The number of benzene rings is 1. The Morgan fingerprint density at radius 3 is 3.20 bits per heavy atom. The molecule has 106 valence electrons. The lowest BCUT2D eigenvalue weighted by Gasteiger charge is -2.01. The molecule has 0 amide bonds. The Morgan fingerprint density at radius 1 is 1.45 bits per heavy atom. The maximum Gasteiger partial charge on any atom is 0.226 e. The summed E-state index contributed by atoms with van der Waals surface area (Å²) in [6, 6.07) is 7.78. The zero-order valence-electron chi connectivity index (χ0n) is 11.0. The SMILES string of the molecule is Clc1cccc(SCc2noc(CC3CCNC3)n2)c1. The maximum absolute atomic E-state index is 5.96. The van der Waals surface area contributed by atoms with E-state index >= 15 is 0 Å². The molecule has 1 saturated heterocycles. The van der Waals surface area contributed by atoms with Crippen LogP contribution in [0.25, 0.3) is 0 Å². The average Bonchev–Trinajstić information content (AvgIpc) is 3.09. The van der Waals surface area contributed by atoms with Crippen molar-refractivity contribution in [3.63, 3.8) is 0 Å². The topological polar surface area (TPSA) is 51.0 Å². The van der Waals surface area contributed by atoms with E-state index in [0.717, 1.165) is 41.1 Å². The van der Waals surface area contributed by atoms with Crippen LogP contribution in [0.15, 0.2) is 33.7 Å². The van der Waals surface area contributed by atoms with Crippen molar-refractivity contribution in [1.29, 1.82) is 0 Å². The van der Waals surface area contributed by atoms with Crippen molar-refractivity contribution in [2.24, 2.45) is 5.92 Å². The number of hydrogen-bond donors (Lipinski definition) is 1. The van der Waals surface area contributed by atoms with E-state index in [1.807, 2.05) is 24.3 Å². The molecule has 0 aliphatic carbocycles. The number of nitrogens with zero attached hydrogens (tertiary/aromatic N) is 2. The van der Waals surface area contributed by atoms with Crippen LogP contribution in [0.4, 0.5) is 0 Å². The number of rotatable bonds is 5. The van der Waals surface area contributed by atoms with Crippen LogP contribution in [0.5, 0.6) is 0 Å². The summed E-state index contributed by atoms with van der Waals surface area (Å²) < 4.78 is 5.31. The Labute approximate surface area is 127 Å². The second kappa shape index (κ2) is 6.61. The molecule has 0 saturated carbocycles. The van der Waals surface area contributed by atoms with Crippen molar-refractivity contribution in [1.82, 2.24) is 15.5 Å². The summed E-state index contributed by atoms with van der Waals surface area (Å²) in [4.78, 5) is 5.57. The Kier molecular flexibility index (Phi) is 4.60. The largest absolute Gasteiger partial charge is 0.339 e. The molecule has 2 aromatic rings. The standard InChI is InChI=1S/C14H16ClN3OS/c15-11-2-1-3-12(7-11)20-9-13-17-14(19-18-13)6-10-4-5-16-8-10/h1-3,7,10,16H,4-6,8-9H2. The molecule has 6 heteroatoms. The van der Waals surface area contributed by atoms with Crippen molar-refractivity contribution in [2.75, 3.05) is 13.1 Å². The van der Waals surface area contributed by atoms with Gasteiger partial charge in [-0.3, -0.25) is 0 Å². The molecule has 1 aliphatic rings. The van der Waals surface area contributed by atoms with Gasteiger partial charge in [0.1, 0.15) is 0 Å². The first-order chi connectivity index (χ1) is 9.79. The highest BCUT2D eigenvalue weighted by atomic mass is 35.5. The van der Waals surface area contributed by atoms with Crippen molar-refractivity contribution in [3.05, 3.63) is 41.0 Å². The highest BCUT2D eigenvalue weighted by Crippen LogP contribution is 2.24. The summed E-state index contributed by atoms with van der Waals surface area (Å²) in [5.74, 6) is 2.83. The van der Waals surface area contributed by atoms with E-state index in [4.69, 9.17) is 16.1 Å². The lowest BCUT2D eigenvalue weighted by atomic mass is 10.1. The highest BCUT2D eigenvalue weighted by Gasteiger charge is 2.18. The summed E-state index contributed by atoms with van der Waals surface area (Å²) in [7, 11) is 0. The molecule has 4 nitrogen and oxygen atoms in total. The first-order valence-electron chi connectivity index (χ1n) is 6.70. The lowest BCUT2D eigenvalue weighted by molar-refractivity contribution is 0.354. The van der Waals surface area contributed by atoms with Gasteiger partial charge >= 0.3 is 0 Å². The van der Waals surface area contributed by atoms with Gasteiger partial charge in [-0.25, -0.2) is 0 Å².